The molecule has 0 aliphatic rings. The number of nitrogens with zero attached hydrogens (tertiary/aromatic N) is 2. The molecule has 7 heteroatoms. The van der Waals surface area contributed by atoms with Gasteiger partial charge >= 0.3 is 29.6 Å². The summed E-state index contributed by atoms with van der Waals surface area (Å²) in [5.74, 6) is -0.293. The van der Waals surface area contributed by atoms with Crippen LogP contribution in [-0.2, 0) is 0 Å². The van der Waals surface area contributed by atoms with Gasteiger partial charge in [0.2, 0.25) is 0 Å². The summed E-state index contributed by atoms with van der Waals surface area (Å²) in [6.07, 6.45) is 0. The van der Waals surface area contributed by atoms with Crippen molar-refractivity contribution in [3.05, 3.63) is 5.69 Å². The molecular formula is C4H7N4NaOS. The fourth-order valence-corrected chi connectivity index (χ4v) is 0.685. The van der Waals surface area contributed by atoms with Crippen LogP contribution in [0.3, 0.4) is 0 Å². The number of aromatic amines is 1. The SMILES string of the molecule is CNC(=O)c1nn[nH]c1S.[NaH]. The van der Waals surface area contributed by atoms with Gasteiger partial charge < -0.3 is 5.32 Å². The summed E-state index contributed by atoms with van der Waals surface area (Å²) >= 11 is 3.90. The maximum absolute atomic E-state index is 10.8. The van der Waals surface area contributed by atoms with Gasteiger partial charge in [0.15, 0.2) is 5.69 Å². The van der Waals surface area contributed by atoms with Crippen LogP contribution in [0.25, 0.3) is 0 Å². The first-order valence-electron chi connectivity index (χ1n) is 2.57. The summed E-state index contributed by atoms with van der Waals surface area (Å²) in [6.45, 7) is 0. The first kappa shape index (κ1) is 11.0. The van der Waals surface area contributed by atoms with Gasteiger partial charge in [0.25, 0.3) is 5.91 Å². The Kier molecular flexibility index (Phi) is 4.74. The van der Waals surface area contributed by atoms with Gasteiger partial charge in [0.1, 0.15) is 5.03 Å². The van der Waals surface area contributed by atoms with Crippen LogP contribution in [0.4, 0.5) is 0 Å². The van der Waals surface area contributed by atoms with Crippen molar-refractivity contribution >= 4 is 48.1 Å². The van der Waals surface area contributed by atoms with Crippen molar-refractivity contribution in [3.8, 4) is 0 Å². The Hall–Kier alpha value is -0.0400. The fraction of sp³-hybridized carbons (Fsp3) is 0.250. The number of rotatable bonds is 1. The Bertz CT molecular complexity index is 250. The molecule has 0 spiro atoms. The summed E-state index contributed by atoms with van der Waals surface area (Å²) < 4.78 is 0. The topological polar surface area (TPSA) is 70.7 Å². The minimum absolute atomic E-state index is 0. The number of nitrogens with one attached hydrogen (secondary N) is 2. The monoisotopic (exact) mass is 182 g/mol. The molecule has 0 saturated heterocycles. The summed E-state index contributed by atoms with van der Waals surface area (Å²) in [6, 6.07) is 0. The van der Waals surface area contributed by atoms with Crippen LogP contribution in [0, 0.1) is 0 Å². The maximum atomic E-state index is 10.8. The minimum atomic E-state index is -0.293. The van der Waals surface area contributed by atoms with Crippen LogP contribution in [0.15, 0.2) is 5.03 Å². The van der Waals surface area contributed by atoms with Crippen molar-refractivity contribution in [2.75, 3.05) is 7.05 Å². The zero-order chi connectivity index (χ0) is 7.56. The standard InChI is InChI=1S/C4H6N4OS.Na.H/c1-5-3(9)2-4(10)7-8-6-2;;/h1H3,(H,5,9)(H2,6,7,8,10);;. The van der Waals surface area contributed by atoms with E-state index in [1.54, 1.807) is 0 Å². The third-order valence-corrected chi connectivity index (χ3v) is 1.28. The molecule has 1 aromatic rings. The molecule has 2 N–H and O–H groups in total. The molecule has 5 nitrogen and oxygen atoms in total. The Morgan fingerprint density at radius 3 is 2.73 bits per heavy atom. The molecule has 0 unspecified atom stereocenters. The third-order valence-electron chi connectivity index (χ3n) is 0.972. The number of aromatic nitrogens is 3. The van der Waals surface area contributed by atoms with E-state index in [0.717, 1.165) is 0 Å². The summed E-state index contributed by atoms with van der Waals surface area (Å²) in [5.41, 5.74) is 0.214. The Morgan fingerprint density at radius 2 is 2.36 bits per heavy atom. The van der Waals surface area contributed by atoms with Crippen molar-refractivity contribution in [1.29, 1.82) is 0 Å². The molecule has 1 aromatic heterocycles. The number of carbonyl (C=O) groups is 1. The summed E-state index contributed by atoms with van der Waals surface area (Å²) in [4.78, 5) is 10.8. The molecule has 0 aliphatic carbocycles. The second-order valence-electron chi connectivity index (χ2n) is 1.59. The van der Waals surface area contributed by atoms with Gasteiger partial charge in [-0.05, 0) is 0 Å². The van der Waals surface area contributed by atoms with Crippen LogP contribution in [0.2, 0.25) is 0 Å². The van der Waals surface area contributed by atoms with Crippen molar-refractivity contribution in [2.45, 2.75) is 5.03 Å². The number of H-pyrrole nitrogens is 1. The number of amides is 1. The molecule has 11 heavy (non-hydrogen) atoms. The molecule has 0 atom stereocenters. The van der Waals surface area contributed by atoms with Crippen molar-refractivity contribution in [1.82, 2.24) is 20.7 Å². The van der Waals surface area contributed by atoms with Crippen molar-refractivity contribution in [3.63, 3.8) is 0 Å². The van der Waals surface area contributed by atoms with Crippen LogP contribution < -0.4 is 5.32 Å². The molecule has 0 aromatic carbocycles. The van der Waals surface area contributed by atoms with Crippen LogP contribution in [0.5, 0.6) is 0 Å². The first-order valence-corrected chi connectivity index (χ1v) is 3.02. The second kappa shape index (κ2) is 4.76. The quantitative estimate of drug-likeness (QED) is 0.377. The average Bonchev–Trinajstić information content (AvgIpc) is 2.34. The van der Waals surface area contributed by atoms with E-state index in [1.807, 2.05) is 0 Å². The predicted molar refractivity (Wildman–Crippen MR) is 44.2 cm³/mol. The number of thiol groups is 1. The molecule has 0 saturated carbocycles. The molecule has 0 bridgehead atoms. The number of hydrogen-bond donors (Lipinski definition) is 3. The molecule has 1 heterocycles. The Morgan fingerprint density at radius 1 is 1.73 bits per heavy atom. The van der Waals surface area contributed by atoms with E-state index in [9.17, 15) is 4.79 Å². The van der Waals surface area contributed by atoms with Gasteiger partial charge in [-0.3, -0.25) is 9.89 Å². The van der Waals surface area contributed by atoms with Gasteiger partial charge in [-0.1, -0.05) is 5.21 Å². The van der Waals surface area contributed by atoms with E-state index >= 15 is 0 Å². The van der Waals surface area contributed by atoms with Gasteiger partial charge in [-0.15, -0.1) is 17.7 Å². The number of carbonyl (C=O) groups excluding carboxylic acids is 1. The van der Waals surface area contributed by atoms with Gasteiger partial charge in [-0.2, -0.15) is 0 Å². The van der Waals surface area contributed by atoms with Crippen molar-refractivity contribution < 1.29 is 4.79 Å². The van der Waals surface area contributed by atoms with E-state index in [1.165, 1.54) is 7.05 Å². The summed E-state index contributed by atoms with van der Waals surface area (Å²) in [5, 5.41) is 12.1. The average molecular weight is 182 g/mol. The van der Waals surface area contributed by atoms with Gasteiger partial charge in [-0.25, -0.2) is 0 Å². The third kappa shape index (κ3) is 2.48. The summed E-state index contributed by atoms with van der Waals surface area (Å²) in [7, 11) is 1.52. The van der Waals surface area contributed by atoms with Gasteiger partial charge in [0.05, 0.1) is 0 Å². The van der Waals surface area contributed by atoms with Crippen LogP contribution in [-0.4, -0.2) is 57.9 Å². The Labute approximate surface area is 91.0 Å². The van der Waals surface area contributed by atoms with E-state index in [4.69, 9.17) is 0 Å². The zero-order valence-electron chi connectivity index (χ0n) is 5.25. The van der Waals surface area contributed by atoms with E-state index in [0.29, 0.717) is 5.03 Å². The fourth-order valence-electron chi connectivity index (χ4n) is 0.494. The second-order valence-corrected chi connectivity index (χ2v) is 2.04. The molecule has 56 valence electrons. The molecular weight excluding hydrogens is 175 g/mol. The van der Waals surface area contributed by atoms with E-state index < -0.39 is 0 Å². The molecule has 0 fully saturated rings. The van der Waals surface area contributed by atoms with E-state index in [2.05, 4.69) is 33.4 Å². The molecule has 1 rings (SSSR count). The van der Waals surface area contributed by atoms with Gasteiger partial charge in [0, 0.05) is 7.05 Å². The zero-order valence-corrected chi connectivity index (χ0v) is 6.14. The van der Waals surface area contributed by atoms with Crippen LogP contribution in [0.1, 0.15) is 10.5 Å². The molecule has 1 amide bonds. The number of hydrogen-bond acceptors (Lipinski definition) is 4. The molecule has 0 radical (unpaired) electrons. The van der Waals surface area contributed by atoms with E-state index in [-0.39, 0.29) is 41.2 Å². The molecule has 0 aliphatic heterocycles. The normalized spacial score (nSPS) is 8.55. The van der Waals surface area contributed by atoms with Crippen molar-refractivity contribution in [2.24, 2.45) is 0 Å². The Balaban J connectivity index is 0.000001000. The predicted octanol–water partition coefficient (Wildman–Crippen LogP) is -1.20. The van der Waals surface area contributed by atoms with Crippen LogP contribution >= 0.6 is 12.6 Å². The first-order chi connectivity index (χ1) is 4.75.